The van der Waals surface area contributed by atoms with Gasteiger partial charge in [0.2, 0.25) is 5.91 Å². The first-order valence-electron chi connectivity index (χ1n) is 12.6. The molecule has 0 spiro atoms. The van der Waals surface area contributed by atoms with E-state index in [0.717, 1.165) is 38.9 Å². The second kappa shape index (κ2) is 12.1. The van der Waals surface area contributed by atoms with Crippen LogP contribution in [-0.2, 0) is 16.1 Å². The van der Waals surface area contributed by atoms with Crippen LogP contribution in [0.2, 0.25) is 0 Å². The predicted octanol–water partition coefficient (Wildman–Crippen LogP) is 7.68. The van der Waals surface area contributed by atoms with Crippen molar-refractivity contribution in [2.45, 2.75) is 58.6 Å². The molecule has 2 aromatic carbocycles. The summed E-state index contributed by atoms with van der Waals surface area (Å²) in [4.78, 5) is 40.7. The van der Waals surface area contributed by atoms with Crippen molar-refractivity contribution >= 4 is 56.5 Å². The second-order valence-electron chi connectivity index (χ2n) is 10.2. The van der Waals surface area contributed by atoms with Gasteiger partial charge < -0.3 is 15.0 Å². The van der Waals surface area contributed by atoms with E-state index in [-0.39, 0.29) is 11.8 Å². The number of anilines is 2. The van der Waals surface area contributed by atoms with Crippen LogP contribution in [0.3, 0.4) is 0 Å². The molecule has 0 radical (unpaired) electrons. The molecule has 0 saturated carbocycles. The largest absolute Gasteiger partial charge is 0.444 e. The Labute approximate surface area is 235 Å². The van der Waals surface area contributed by atoms with Gasteiger partial charge in [-0.25, -0.2) is 4.79 Å². The fraction of sp³-hybridized carbons (Fsp3) is 0.345. The molecule has 4 rings (SSSR count). The van der Waals surface area contributed by atoms with E-state index in [9.17, 15) is 14.4 Å². The molecule has 3 aromatic rings. The number of unbranched alkanes of at least 4 members (excludes halogenated alkanes) is 2. The van der Waals surface area contributed by atoms with E-state index in [1.807, 2.05) is 52.7 Å². The number of hydrogen-bond donors (Lipinski definition) is 2. The highest BCUT2D eigenvalue weighted by Gasteiger charge is 2.28. The molecule has 1 aliphatic heterocycles. The minimum atomic E-state index is -0.636. The summed E-state index contributed by atoms with van der Waals surface area (Å²) in [5, 5.41) is 7.71. The van der Waals surface area contributed by atoms with Crippen LogP contribution in [0.15, 0.2) is 58.4 Å². The third-order valence-electron chi connectivity index (χ3n) is 6.05. The van der Waals surface area contributed by atoms with Crippen LogP contribution >= 0.6 is 27.3 Å². The van der Waals surface area contributed by atoms with Gasteiger partial charge in [0, 0.05) is 34.4 Å². The number of carbonyl (C=O) groups excluding carboxylic acids is 3. The number of benzene rings is 2. The summed E-state index contributed by atoms with van der Waals surface area (Å²) >= 11 is 5.13. The van der Waals surface area contributed by atoms with Gasteiger partial charge in [0.05, 0.1) is 11.4 Å². The maximum absolute atomic E-state index is 12.8. The lowest BCUT2D eigenvalue weighted by Gasteiger charge is -2.21. The summed E-state index contributed by atoms with van der Waals surface area (Å²) < 4.78 is 6.35. The maximum Gasteiger partial charge on any atom is 0.412 e. The second-order valence-corrected chi connectivity index (χ2v) is 12.0. The molecule has 2 N–H and O–H groups in total. The molecule has 7 nitrogen and oxygen atoms in total. The van der Waals surface area contributed by atoms with Gasteiger partial charge in [-0.3, -0.25) is 14.9 Å². The third-order valence-corrected chi connectivity index (χ3v) is 7.71. The summed E-state index contributed by atoms with van der Waals surface area (Å²) in [6, 6.07) is 15.2. The number of halogens is 1. The first kappa shape index (κ1) is 27.9. The Morgan fingerprint density at radius 3 is 2.55 bits per heavy atom. The van der Waals surface area contributed by atoms with Crippen molar-refractivity contribution in [1.82, 2.24) is 4.90 Å². The summed E-state index contributed by atoms with van der Waals surface area (Å²) in [6.07, 6.45) is 2.11. The van der Waals surface area contributed by atoms with Crippen LogP contribution in [0.1, 0.15) is 62.4 Å². The van der Waals surface area contributed by atoms with Gasteiger partial charge in [-0.15, -0.1) is 11.3 Å². The standard InChI is InChI=1S/C29H32BrN3O4S/c1-29(2,3)37-28(36)32-23-14-13-19(25-11-8-16-38-25)17-24(23)31-26(34)12-5-4-6-15-33-18-21-20(27(33)35)9-7-10-22(21)30/h7-11,13-14,16-17H,4-6,12,15,18H2,1-3H3,(H,31,34)(H,32,36). The molecule has 0 saturated heterocycles. The summed E-state index contributed by atoms with van der Waals surface area (Å²) in [5.41, 5.74) is 3.12. The number of rotatable bonds is 9. The van der Waals surface area contributed by atoms with Gasteiger partial charge in [0.25, 0.3) is 5.91 Å². The quantitative estimate of drug-likeness (QED) is 0.248. The molecule has 9 heteroatoms. The van der Waals surface area contributed by atoms with Gasteiger partial charge in [0.1, 0.15) is 5.60 Å². The lowest BCUT2D eigenvalue weighted by Crippen LogP contribution is -2.27. The van der Waals surface area contributed by atoms with E-state index < -0.39 is 11.7 Å². The Balaban J connectivity index is 1.30. The highest BCUT2D eigenvalue weighted by Crippen LogP contribution is 2.32. The maximum atomic E-state index is 12.8. The van der Waals surface area contributed by atoms with Crippen LogP contribution in [0.5, 0.6) is 0 Å². The molecular formula is C29H32BrN3O4S. The smallest absolute Gasteiger partial charge is 0.412 e. The number of ether oxygens (including phenoxy) is 1. The summed E-state index contributed by atoms with van der Waals surface area (Å²) in [6.45, 7) is 6.67. The Morgan fingerprint density at radius 1 is 1.03 bits per heavy atom. The zero-order valence-electron chi connectivity index (χ0n) is 21.8. The van der Waals surface area contributed by atoms with Crippen LogP contribution in [0, 0.1) is 0 Å². The van der Waals surface area contributed by atoms with E-state index in [2.05, 4.69) is 26.6 Å². The average molecular weight is 599 g/mol. The van der Waals surface area contributed by atoms with Crippen LogP contribution in [0.4, 0.5) is 16.2 Å². The number of fused-ring (bicyclic) bond motifs is 1. The fourth-order valence-electron chi connectivity index (χ4n) is 4.28. The molecular weight excluding hydrogens is 566 g/mol. The van der Waals surface area contributed by atoms with E-state index in [4.69, 9.17) is 4.74 Å². The minimum absolute atomic E-state index is 0.0645. The Kier molecular flexibility index (Phi) is 8.89. The number of thiophene rings is 1. The Morgan fingerprint density at radius 2 is 1.84 bits per heavy atom. The van der Waals surface area contributed by atoms with Crippen molar-refractivity contribution < 1.29 is 19.1 Å². The zero-order chi connectivity index (χ0) is 27.3. The van der Waals surface area contributed by atoms with Crippen LogP contribution in [-0.4, -0.2) is 35.0 Å². The zero-order valence-corrected chi connectivity index (χ0v) is 24.2. The molecule has 0 atom stereocenters. The third kappa shape index (κ3) is 7.23. The highest BCUT2D eigenvalue weighted by atomic mass is 79.9. The van der Waals surface area contributed by atoms with E-state index in [0.29, 0.717) is 37.3 Å². The average Bonchev–Trinajstić information content (AvgIpc) is 3.49. The number of carbonyl (C=O) groups is 3. The molecule has 2 heterocycles. The molecule has 0 fully saturated rings. The molecule has 1 aliphatic rings. The minimum Gasteiger partial charge on any atom is -0.444 e. The molecule has 3 amide bonds. The first-order valence-corrected chi connectivity index (χ1v) is 14.3. The van der Waals surface area contributed by atoms with Gasteiger partial charge in [-0.05, 0) is 80.5 Å². The van der Waals surface area contributed by atoms with Crippen molar-refractivity contribution in [1.29, 1.82) is 0 Å². The molecule has 38 heavy (non-hydrogen) atoms. The summed E-state index contributed by atoms with van der Waals surface area (Å²) in [5.74, 6) is -0.0659. The predicted molar refractivity (Wildman–Crippen MR) is 156 cm³/mol. The van der Waals surface area contributed by atoms with E-state index >= 15 is 0 Å². The molecule has 0 aliphatic carbocycles. The van der Waals surface area contributed by atoms with Crippen molar-refractivity contribution in [2.24, 2.45) is 0 Å². The Bertz CT molecular complexity index is 1320. The van der Waals surface area contributed by atoms with Crippen LogP contribution < -0.4 is 10.6 Å². The van der Waals surface area contributed by atoms with Crippen molar-refractivity contribution in [2.75, 3.05) is 17.2 Å². The normalized spacial score (nSPS) is 12.8. The van der Waals surface area contributed by atoms with Gasteiger partial charge in [-0.2, -0.15) is 0 Å². The van der Waals surface area contributed by atoms with E-state index in [1.54, 1.807) is 38.2 Å². The highest BCUT2D eigenvalue weighted by molar-refractivity contribution is 9.10. The topological polar surface area (TPSA) is 87.7 Å². The number of hydrogen-bond acceptors (Lipinski definition) is 5. The molecule has 0 unspecified atom stereocenters. The van der Waals surface area contributed by atoms with Crippen LogP contribution in [0.25, 0.3) is 10.4 Å². The number of nitrogens with zero attached hydrogens (tertiary/aromatic N) is 1. The molecule has 0 bridgehead atoms. The molecule has 1 aromatic heterocycles. The van der Waals surface area contributed by atoms with Gasteiger partial charge >= 0.3 is 6.09 Å². The lowest BCUT2D eigenvalue weighted by atomic mass is 10.1. The number of amides is 3. The van der Waals surface area contributed by atoms with Crippen molar-refractivity contribution in [3.8, 4) is 10.4 Å². The van der Waals surface area contributed by atoms with Crippen molar-refractivity contribution in [3.63, 3.8) is 0 Å². The first-order chi connectivity index (χ1) is 18.1. The van der Waals surface area contributed by atoms with Crippen molar-refractivity contribution in [3.05, 3.63) is 69.5 Å². The number of nitrogens with one attached hydrogen (secondary N) is 2. The fourth-order valence-corrected chi connectivity index (χ4v) is 5.49. The van der Waals surface area contributed by atoms with Gasteiger partial charge in [-0.1, -0.05) is 40.5 Å². The lowest BCUT2D eigenvalue weighted by molar-refractivity contribution is -0.116. The summed E-state index contributed by atoms with van der Waals surface area (Å²) in [7, 11) is 0. The monoisotopic (exact) mass is 597 g/mol. The van der Waals surface area contributed by atoms with E-state index in [1.165, 1.54) is 0 Å². The molecule has 200 valence electrons. The SMILES string of the molecule is CC(C)(C)OC(=O)Nc1ccc(-c2cccs2)cc1NC(=O)CCCCCN1Cc2c(Br)cccc2C1=O. The van der Waals surface area contributed by atoms with Gasteiger partial charge in [0.15, 0.2) is 0 Å². The Hall–Kier alpha value is -3.17.